The summed E-state index contributed by atoms with van der Waals surface area (Å²) >= 11 is 0. The van der Waals surface area contributed by atoms with E-state index in [1.807, 2.05) is 6.92 Å². The molecule has 0 saturated carbocycles. The van der Waals surface area contributed by atoms with Gasteiger partial charge in [-0.25, -0.2) is 4.98 Å². The first-order valence-electron chi connectivity index (χ1n) is 9.06. The average Bonchev–Trinajstić information content (AvgIpc) is 3.12. The molecule has 3 rings (SSSR count). The van der Waals surface area contributed by atoms with E-state index in [0.717, 1.165) is 19.6 Å². The van der Waals surface area contributed by atoms with Crippen molar-refractivity contribution in [3.8, 4) is 22.9 Å². The molecule has 8 heteroatoms. The van der Waals surface area contributed by atoms with Crippen molar-refractivity contribution in [2.45, 2.75) is 32.6 Å². The minimum atomic E-state index is -0.324. The summed E-state index contributed by atoms with van der Waals surface area (Å²) in [5.41, 5.74) is 1.05. The van der Waals surface area contributed by atoms with E-state index in [4.69, 9.17) is 0 Å². The van der Waals surface area contributed by atoms with Crippen molar-refractivity contribution < 1.29 is 15.0 Å². The summed E-state index contributed by atoms with van der Waals surface area (Å²) in [6.07, 6.45) is 4.32. The summed E-state index contributed by atoms with van der Waals surface area (Å²) in [6, 6.07) is 2.90. The van der Waals surface area contributed by atoms with Gasteiger partial charge in [0.25, 0.3) is 5.91 Å². The van der Waals surface area contributed by atoms with Crippen molar-refractivity contribution in [3.63, 3.8) is 0 Å². The molecule has 8 nitrogen and oxygen atoms in total. The Morgan fingerprint density at radius 3 is 2.73 bits per heavy atom. The Hall–Kier alpha value is -2.61. The van der Waals surface area contributed by atoms with E-state index >= 15 is 0 Å². The van der Waals surface area contributed by atoms with Gasteiger partial charge in [0.05, 0.1) is 5.56 Å². The maximum atomic E-state index is 12.2. The van der Waals surface area contributed by atoms with Crippen LogP contribution in [-0.2, 0) is 6.42 Å². The van der Waals surface area contributed by atoms with E-state index < -0.39 is 0 Å². The lowest BCUT2D eigenvalue weighted by molar-refractivity contribution is 0.0936. The van der Waals surface area contributed by atoms with E-state index in [9.17, 15) is 15.0 Å². The van der Waals surface area contributed by atoms with E-state index in [-0.39, 0.29) is 29.1 Å². The smallest absolute Gasteiger partial charge is 0.288 e. The molecule has 1 aromatic carbocycles. The van der Waals surface area contributed by atoms with E-state index in [1.54, 1.807) is 6.07 Å². The molecule has 140 valence electrons. The lowest BCUT2D eigenvalue weighted by Crippen LogP contribution is -2.37. The number of aryl methyl sites for hydroxylation is 1. The number of aromatic amines is 1. The van der Waals surface area contributed by atoms with Crippen molar-refractivity contribution in [1.29, 1.82) is 0 Å². The Morgan fingerprint density at radius 2 is 2.00 bits per heavy atom. The number of hydrogen-bond acceptors (Lipinski definition) is 6. The predicted octanol–water partition coefficient (Wildman–Crippen LogP) is 1.66. The van der Waals surface area contributed by atoms with E-state index in [2.05, 4.69) is 25.4 Å². The van der Waals surface area contributed by atoms with Gasteiger partial charge in [0.1, 0.15) is 11.5 Å². The maximum absolute atomic E-state index is 12.2. The number of hydrogen-bond donors (Lipinski definition) is 4. The fraction of sp³-hybridized carbons (Fsp3) is 0.500. The van der Waals surface area contributed by atoms with Crippen LogP contribution in [0.3, 0.4) is 0 Å². The van der Waals surface area contributed by atoms with Gasteiger partial charge in [-0.3, -0.25) is 9.89 Å². The molecule has 2 heterocycles. The summed E-state index contributed by atoms with van der Waals surface area (Å²) in [5, 5.41) is 29.3. The number of benzene rings is 1. The monoisotopic (exact) mass is 359 g/mol. The summed E-state index contributed by atoms with van der Waals surface area (Å²) in [5.74, 6) is -0.104. The fourth-order valence-corrected chi connectivity index (χ4v) is 3.16. The number of phenolic OH excluding ortho intramolecular Hbond substituents is 2. The fourth-order valence-electron chi connectivity index (χ4n) is 3.16. The van der Waals surface area contributed by atoms with Gasteiger partial charge in [-0.05, 0) is 44.0 Å². The highest BCUT2D eigenvalue weighted by molar-refractivity contribution is 5.90. The third-order valence-corrected chi connectivity index (χ3v) is 4.68. The molecular formula is C18H25N5O3. The number of carbonyl (C=O) groups is 1. The van der Waals surface area contributed by atoms with Crippen molar-refractivity contribution in [2.75, 3.05) is 26.2 Å². The van der Waals surface area contributed by atoms with Crippen LogP contribution in [-0.4, -0.2) is 62.4 Å². The minimum Gasteiger partial charge on any atom is -0.508 e. The summed E-state index contributed by atoms with van der Waals surface area (Å²) in [7, 11) is 0. The van der Waals surface area contributed by atoms with Gasteiger partial charge >= 0.3 is 0 Å². The quantitative estimate of drug-likeness (QED) is 0.624. The largest absolute Gasteiger partial charge is 0.508 e. The van der Waals surface area contributed by atoms with Crippen LogP contribution in [0.2, 0.25) is 0 Å². The Balaban J connectivity index is 1.63. The minimum absolute atomic E-state index is 0.0277. The third-order valence-electron chi connectivity index (χ3n) is 4.68. The molecule has 1 amide bonds. The molecule has 1 aliphatic rings. The van der Waals surface area contributed by atoms with Gasteiger partial charge in [0.2, 0.25) is 5.82 Å². The van der Waals surface area contributed by atoms with Crippen molar-refractivity contribution in [3.05, 3.63) is 23.5 Å². The predicted molar refractivity (Wildman–Crippen MR) is 97.2 cm³/mol. The highest BCUT2D eigenvalue weighted by Gasteiger charge is 2.17. The number of piperidine rings is 1. The van der Waals surface area contributed by atoms with Gasteiger partial charge in [-0.15, -0.1) is 0 Å². The zero-order valence-electron chi connectivity index (χ0n) is 15.0. The summed E-state index contributed by atoms with van der Waals surface area (Å²) < 4.78 is 0. The number of rotatable bonds is 6. The molecule has 26 heavy (non-hydrogen) atoms. The first-order valence-corrected chi connectivity index (χ1v) is 9.06. The van der Waals surface area contributed by atoms with Crippen LogP contribution in [0.5, 0.6) is 11.5 Å². The number of aromatic hydroxyl groups is 2. The second-order valence-corrected chi connectivity index (χ2v) is 6.52. The SMILES string of the molecule is CCc1cc(-c2n[nH]c(C(=O)NCCN3CCCCC3)n2)c(O)cc1O. The third kappa shape index (κ3) is 4.13. The van der Waals surface area contributed by atoms with Crippen molar-refractivity contribution >= 4 is 5.91 Å². The number of likely N-dealkylation sites (tertiary alicyclic amines) is 1. The lowest BCUT2D eigenvalue weighted by Gasteiger charge is -2.26. The highest BCUT2D eigenvalue weighted by Crippen LogP contribution is 2.33. The molecule has 0 atom stereocenters. The molecule has 0 aliphatic carbocycles. The molecule has 1 aliphatic heterocycles. The van der Waals surface area contributed by atoms with Gasteiger partial charge in [0.15, 0.2) is 5.82 Å². The molecule has 1 saturated heterocycles. The Kier molecular flexibility index (Phi) is 5.72. The molecule has 0 bridgehead atoms. The molecule has 1 aromatic heterocycles. The standard InChI is InChI=1S/C18H25N5O3/c1-2-12-10-13(15(25)11-14(12)24)16-20-17(22-21-16)18(26)19-6-9-23-7-4-3-5-8-23/h10-11,24-25H,2-9H2,1H3,(H,19,26)(H,20,21,22). The van der Waals surface area contributed by atoms with Crippen LogP contribution in [0.4, 0.5) is 0 Å². The first-order chi connectivity index (χ1) is 12.6. The Bertz CT molecular complexity index is 768. The number of phenols is 2. The molecule has 0 spiro atoms. The molecule has 0 unspecified atom stereocenters. The second-order valence-electron chi connectivity index (χ2n) is 6.52. The van der Waals surface area contributed by atoms with Crippen LogP contribution in [0.15, 0.2) is 12.1 Å². The lowest BCUT2D eigenvalue weighted by atomic mass is 10.1. The Morgan fingerprint density at radius 1 is 1.23 bits per heavy atom. The molecular weight excluding hydrogens is 334 g/mol. The number of H-pyrrole nitrogens is 1. The summed E-state index contributed by atoms with van der Waals surface area (Å²) in [6.45, 7) is 5.45. The van der Waals surface area contributed by atoms with Crippen molar-refractivity contribution in [2.24, 2.45) is 0 Å². The van der Waals surface area contributed by atoms with Gasteiger partial charge in [0, 0.05) is 19.2 Å². The second kappa shape index (κ2) is 8.18. The maximum Gasteiger partial charge on any atom is 0.288 e. The Labute approximate surface area is 152 Å². The summed E-state index contributed by atoms with van der Waals surface area (Å²) in [4.78, 5) is 18.7. The van der Waals surface area contributed by atoms with Crippen LogP contribution < -0.4 is 5.32 Å². The molecule has 0 radical (unpaired) electrons. The zero-order chi connectivity index (χ0) is 18.5. The number of carbonyl (C=O) groups excluding carboxylic acids is 1. The van der Waals surface area contributed by atoms with Gasteiger partial charge in [-0.2, -0.15) is 5.10 Å². The van der Waals surface area contributed by atoms with Gasteiger partial charge < -0.3 is 20.4 Å². The number of nitrogens with one attached hydrogen (secondary N) is 2. The molecule has 4 N–H and O–H groups in total. The molecule has 1 fully saturated rings. The number of nitrogens with zero attached hydrogens (tertiary/aromatic N) is 3. The van der Waals surface area contributed by atoms with Crippen LogP contribution in [0.25, 0.3) is 11.4 Å². The van der Waals surface area contributed by atoms with E-state index in [0.29, 0.717) is 24.1 Å². The van der Waals surface area contributed by atoms with Crippen LogP contribution in [0.1, 0.15) is 42.4 Å². The van der Waals surface area contributed by atoms with Crippen molar-refractivity contribution in [1.82, 2.24) is 25.4 Å². The van der Waals surface area contributed by atoms with Gasteiger partial charge in [-0.1, -0.05) is 13.3 Å². The van der Waals surface area contributed by atoms with E-state index in [1.165, 1.54) is 25.3 Å². The average molecular weight is 359 g/mol. The first kappa shape index (κ1) is 18.2. The normalized spacial score (nSPS) is 15.1. The highest BCUT2D eigenvalue weighted by atomic mass is 16.3. The number of amides is 1. The van der Waals surface area contributed by atoms with Crippen LogP contribution >= 0.6 is 0 Å². The topological polar surface area (TPSA) is 114 Å². The number of aromatic nitrogens is 3. The zero-order valence-corrected chi connectivity index (χ0v) is 15.0. The molecule has 2 aromatic rings. The van der Waals surface area contributed by atoms with Crippen LogP contribution in [0, 0.1) is 0 Å².